The fourth-order valence-corrected chi connectivity index (χ4v) is 8.92. The molecule has 0 saturated heterocycles. The van der Waals surface area contributed by atoms with Crippen molar-refractivity contribution in [3.8, 4) is 17.1 Å². The zero-order chi connectivity index (χ0) is 26.4. The topological polar surface area (TPSA) is 79.1 Å². The SMILES string of the molecule is COC(=O)CC(n1nnc(-c2ccc(OC)cc2)n1)=P(c1ccccc1)(c1ccccc1)c1ccccc1. The average Bonchev–Trinajstić information content (AvgIpc) is 3.49. The quantitative estimate of drug-likeness (QED) is 0.227. The van der Waals surface area contributed by atoms with E-state index in [1.807, 2.05) is 78.9 Å². The van der Waals surface area contributed by atoms with Crippen molar-refractivity contribution in [1.29, 1.82) is 0 Å². The van der Waals surface area contributed by atoms with Crippen LogP contribution in [0.2, 0.25) is 0 Å². The van der Waals surface area contributed by atoms with Crippen molar-refractivity contribution in [2.75, 3.05) is 14.2 Å². The average molecular weight is 523 g/mol. The highest BCUT2D eigenvalue weighted by molar-refractivity contribution is 7.95. The lowest BCUT2D eigenvalue weighted by Gasteiger charge is -2.31. The molecule has 0 atom stereocenters. The van der Waals surface area contributed by atoms with Crippen LogP contribution in [0.4, 0.5) is 0 Å². The number of nitrogens with zero attached hydrogens (tertiary/aromatic N) is 4. The summed E-state index contributed by atoms with van der Waals surface area (Å²) < 4.78 is 10.5. The summed E-state index contributed by atoms with van der Waals surface area (Å²) in [5.41, 5.74) is 1.50. The Morgan fingerprint density at radius 3 is 1.68 bits per heavy atom. The van der Waals surface area contributed by atoms with Gasteiger partial charge in [0.15, 0.2) is 0 Å². The number of carbonyl (C=O) groups is 1. The highest BCUT2D eigenvalue weighted by atomic mass is 31.2. The Morgan fingerprint density at radius 2 is 1.24 bits per heavy atom. The van der Waals surface area contributed by atoms with Gasteiger partial charge in [-0.3, -0.25) is 4.79 Å². The first-order valence-electron chi connectivity index (χ1n) is 12.1. The highest BCUT2D eigenvalue weighted by Gasteiger charge is 2.33. The molecule has 0 fully saturated rings. The van der Waals surface area contributed by atoms with E-state index in [1.54, 1.807) is 7.11 Å². The van der Waals surface area contributed by atoms with Gasteiger partial charge < -0.3 is 9.47 Å². The normalized spacial score (nSPS) is 11.1. The molecule has 1 aromatic heterocycles. The molecule has 0 bridgehead atoms. The number of carbonyl (C=O) groups excluding carboxylic acids is 1. The van der Waals surface area contributed by atoms with E-state index in [9.17, 15) is 4.79 Å². The molecule has 0 aliphatic carbocycles. The molecule has 0 aliphatic rings. The van der Waals surface area contributed by atoms with Crippen LogP contribution < -0.4 is 20.7 Å². The van der Waals surface area contributed by atoms with Crippen molar-refractivity contribution in [3.05, 3.63) is 115 Å². The van der Waals surface area contributed by atoms with Crippen LogP contribution in [0.1, 0.15) is 6.42 Å². The summed E-state index contributed by atoms with van der Waals surface area (Å²) in [5.74, 6) is 0.805. The molecule has 0 radical (unpaired) electrons. The van der Waals surface area contributed by atoms with Crippen LogP contribution in [0, 0.1) is 0 Å². The number of methoxy groups -OCH3 is 2. The van der Waals surface area contributed by atoms with Gasteiger partial charge in [-0.15, -0.1) is 15.0 Å². The summed E-state index contributed by atoms with van der Waals surface area (Å²) in [6, 6.07) is 38.2. The maximum Gasteiger partial charge on any atom is 0.311 e. The molecule has 0 unspecified atom stereocenters. The maximum atomic E-state index is 13.0. The van der Waals surface area contributed by atoms with Crippen LogP contribution in [0.15, 0.2) is 115 Å². The molecular formula is C30H27N4O3P. The number of rotatable bonds is 8. The van der Waals surface area contributed by atoms with Crippen molar-refractivity contribution >= 4 is 34.2 Å². The zero-order valence-corrected chi connectivity index (χ0v) is 22.0. The van der Waals surface area contributed by atoms with Gasteiger partial charge in [-0.1, -0.05) is 91.0 Å². The third kappa shape index (κ3) is 4.76. The minimum Gasteiger partial charge on any atom is -0.497 e. The van der Waals surface area contributed by atoms with Crippen molar-refractivity contribution < 1.29 is 14.3 Å². The highest BCUT2D eigenvalue weighted by Crippen LogP contribution is 2.47. The lowest BCUT2D eigenvalue weighted by molar-refractivity contribution is -0.139. The Labute approximate surface area is 221 Å². The first-order chi connectivity index (χ1) is 18.7. The van der Waals surface area contributed by atoms with Crippen molar-refractivity contribution in [2.45, 2.75) is 6.42 Å². The Balaban J connectivity index is 1.88. The first kappa shape index (κ1) is 25.2. The maximum absolute atomic E-state index is 13.0. The first-order valence-corrected chi connectivity index (χ1v) is 13.9. The molecule has 4 aromatic carbocycles. The lowest BCUT2D eigenvalue weighted by atomic mass is 10.2. The van der Waals surface area contributed by atoms with Crippen LogP contribution in [0.3, 0.4) is 0 Å². The van der Waals surface area contributed by atoms with Gasteiger partial charge in [-0.2, -0.15) is 0 Å². The number of hydrogen-bond donors (Lipinski definition) is 0. The zero-order valence-electron chi connectivity index (χ0n) is 21.1. The van der Waals surface area contributed by atoms with Crippen molar-refractivity contribution in [2.24, 2.45) is 0 Å². The molecule has 7 nitrogen and oxygen atoms in total. The second kappa shape index (κ2) is 11.3. The van der Waals surface area contributed by atoms with E-state index in [0.29, 0.717) is 11.2 Å². The number of tetrazole rings is 1. The Morgan fingerprint density at radius 1 is 0.737 bits per heavy atom. The van der Waals surface area contributed by atoms with Gasteiger partial charge in [-0.05, 0) is 45.4 Å². The summed E-state index contributed by atoms with van der Waals surface area (Å²) in [6.45, 7) is -2.65. The van der Waals surface area contributed by atoms with Gasteiger partial charge in [0.05, 0.1) is 26.1 Å². The van der Waals surface area contributed by atoms with Gasteiger partial charge in [0, 0.05) is 12.4 Å². The fourth-order valence-electron chi connectivity index (χ4n) is 4.55. The van der Waals surface area contributed by atoms with Gasteiger partial charge in [0.1, 0.15) is 5.75 Å². The molecule has 0 aliphatic heterocycles. The third-order valence-corrected chi connectivity index (χ3v) is 10.7. The molecule has 0 saturated carbocycles. The Bertz CT molecular complexity index is 1470. The molecule has 8 heteroatoms. The van der Waals surface area contributed by atoms with Crippen molar-refractivity contribution in [1.82, 2.24) is 20.2 Å². The monoisotopic (exact) mass is 522 g/mol. The number of aromatic nitrogens is 4. The minimum atomic E-state index is -2.65. The second-order valence-corrected chi connectivity index (χ2v) is 11.9. The molecular weight excluding hydrogens is 495 g/mol. The van der Waals surface area contributed by atoms with Crippen molar-refractivity contribution in [3.63, 3.8) is 0 Å². The summed E-state index contributed by atoms with van der Waals surface area (Å²) in [4.78, 5) is 14.5. The van der Waals surface area contributed by atoms with E-state index < -0.39 is 6.89 Å². The van der Waals surface area contributed by atoms with Gasteiger partial charge >= 0.3 is 5.97 Å². The molecule has 0 N–H and O–H groups in total. The van der Waals surface area contributed by atoms with Crippen LogP contribution in [-0.2, 0) is 9.53 Å². The predicted molar refractivity (Wildman–Crippen MR) is 152 cm³/mol. The molecule has 0 amide bonds. The molecule has 5 rings (SSSR count). The van der Waals surface area contributed by atoms with E-state index in [1.165, 1.54) is 11.9 Å². The Hall–Kier alpha value is -4.48. The van der Waals surface area contributed by atoms with E-state index in [4.69, 9.17) is 14.6 Å². The molecule has 1 heterocycles. The fraction of sp³-hybridized carbons (Fsp3) is 0.100. The van der Waals surface area contributed by atoms with Gasteiger partial charge in [0.2, 0.25) is 5.82 Å². The minimum absolute atomic E-state index is 0.0125. The van der Waals surface area contributed by atoms with Gasteiger partial charge in [-0.25, -0.2) is 0 Å². The van der Waals surface area contributed by atoms with Crippen LogP contribution in [-0.4, -0.2) is 45.8 Å². The summed E-state index contributed by atoms with van der Waals surface area (Å²) in [6.07, 6.45) is -0.0125. The van der Waals surface area contributed by atoms with Crippen LogP contribution in [0.25, 0.3) is 11.4 Å². The number of hydrogen-bond acceptors (Lipinski definition) is 6. The lowest BCUT2D eigenvalue weighted by Crippen LogP contribution is -2.35. The number of benzene rings is 4. The summed E-state index contributed by atoms with van der Waals surface area (Å²) in [7, 11) is 3.02. The molecule has 38 heavy (non-hydrogen) atoms. The molecule has 0 spiro atoms. The smallest absolute Gasteiger partial charge is 0.311 e. The third-order valence-electron chi connectivity index (χ3n) is 6.34. The van der Waals surface area contributed by atoms with E-state index in [0.717, 1.165) is 27.2 Å². The summed E-state index contributed by atoms with van der Waals surface area (Å²) in [5, 5.41) is 16.9. The second-order valence-electron chi connectivity index (χ2n) is 8.48. The van der Waals surface area contributed by atoms with E-state index in [2.05, 4.69) is 46.7 Å². The van der Waals surface area contributed by atoms with Crippen LogP contribution >= 0.6 is 6.89 Å². The Kier molecular flexibility index (Phi) is 7.47. The molecule has 5 aromatic rings. The summed E-state index contributed by atoms with van der Waals surface area (Å²) >= 11 is 0. The van der Waals surface area contributed by atoms with Crippen LogP contribution in [0.5, 0.6) is 5.75 Å². The van der Waals surface area contributed by atoms with Gasteiger partial charge in [0.25, 0.3) is 0 Å². The largest absolute Gasteiger partial charge is 0.497 e. The standard InChI is InChI=1S/C30H27N4O3P/c1-36-24-20-18-23(19-21-24)30-31-33-34(32-30)28(22-29(35)37-2)38(25-12-6-3-7-13-25,26-14-8-4-9-15-26)27-16-10-5-11-17-27/h3-21H,22H2,1-2H3. The number of ether oxygens (including phenoxy) is 2. The number of esters is 1. The molecule has 190 valence electrons. The van der Waals surface area contributed by atoms with E-state index in [-0.39, 0.29) is 12.4 Å². The predicted octanol–water partition coefficient (Wildman–Crippen LogP) is 3.88. The van der Waals surface area contributed by atoms with E-state index >= 15 is 0 Å².